The first-order valence-electron chi connectivity index (χ1n) is 22.4. The van der Waals surface area contributed by atoms with Crippen molar-refractivity contribution in [3.8, 4) is 89.8 Å². The zero-order valence-corrected chi connectivity index (χ0v) is 36.0. The predicted octanol–water partition coefficient (Wildman–Crippen LogP) is 16.7. The SMILES string of the molecule is c1ccc(-c2cc(-c3ccccc3)cc(-c3cccc(-c4nc(-c5ccccc5)nc(-c5cccc(-c6cccc(-c7cccc8c9ccccc9c9ccccc9c78)c6)c5)n4)c3)c2)cc1. The number of hydrogen-bond acceptors (Lipinski definition) is 3. The van der Waals surface area contributed by atoms with Crippen molar-refractivity contribution in [1.82, 2.24) is 15.0 Å². The summed E-state index contributed by atoms with van der Waals surface area (Å²) in [5.41, 5.74) is 14.2. The third-order valence-corrected chi connectivity index (χ3v) is 12.7. The zero-order chi connectivity index (χ0) is 43.8. The van der Waals surface area contributed by atoms with Crippen LogP contribution in [0.3, 0.4) is 0 Å². The standard InChI is InChI=1S/C63H41N3/c1-4-18-42(19-5-1)51-39-52(43-20-6-2-7-21-43)41-53(40-51)47-26-16-29-50(38-47)63-65-61(44-22-8-3-9-23-44)64-62(66-63)49-28-15-25-46(37-49)45-24-14-27-48(36-45)54-34-17-35-59-57-31-11-10-30-55(57)56-32-12-13-33-58(56)60(54)59/h1-41H. The summed E-state index contributed by atoms with van der Waals surface area (Å²) in [6, 6.07) is 88.5. The average Bonchev–Trinajstić information content (AvgIpc) is 3.41. The van der Waals surface area contributed by atoms with E-state index in [0.29, 0.717) is 17.5 Å². The van der Waals surface area contributed by atoms with Gasteiger partial charge in [-0.3, -0.25) is 0 Å². The first-order chi connectivity index (χ1) is 32.7. The molecule has 0 saturated carbocycles. The van der Waals surface area contributed by atoms with Gasteiger partial charge in [0, 0.05) is 16.7 Å². The fourth-order valence-corrected chi connectivity index (χ4v) is 9.48. The van der Waals surface area contributed by atoms with Crippen LogP contribution < -0.4 is 0 Å². The summed E-state index contributed by atoms with van der Waals surface area (Å²) in [5, 5.41) is 7.61. The Kier molecular flexibility index (Phi) is 9.85. The van der Waals surface area contributed by atoms with Crippen molar-refractivity contribution in [2.24, 2.45) is 0 Å². The molecule has 0 spiro atoms. The molecule has 0 amide bonds. The number of aromatic nitrogens is 3. The summed E-state index contributed by atoms with van der Waals surface area (Å²) in [6.07, 6.45) is 0. The van der Waals surface area contributed by atoms with E-state index in [0.717, 1.165) is 50.1 Å². The van der Waals surface area contributed by atoms with Crippen LogP contribution in [0.4, 0.5) is 0 Å². The first kappa shape index (κ1) is 38.9. The third kappa shape index (κ3) is 7.29. The molecule has 0 aliphatic carbocycles. The normalized spacial score (nSPS) is 11.3. The Morgan fingerprint density at radius 2 is 0.470 bits per heavy atom. The molecule has 12 rings (SSSR count). The number of nitrogens with zero attached hydrogens (tertiary/aromatic N) is 3. The molecule has 12 aromatic rings. The Balaban J connectivity index is 0.956. The van der Waals surface area contributed by atoms with Gasteiger partial charge in [-0.1, -0.05) is 212 Å². The van der Waals surface area contributed by atoms with Gasteiger partial charge in [-0.2, -0.15) is 0 Å². The molecule has 0 aliphatic rings. The van der Waals surface area contributed by atoms with Crippen molar-refractivity contribution >= 4 is 32.3 Å². The maximum atomic E-state index is 5.23. The summed E-state index contributed by atoms with van der Waals surface area (Å²) < 4.78 is 0. The Bertz CT molecular complexity index is 3650. The van der Waals surface area contributed by atoms with E-state index >= 15 is 0 Å². The van der Waals surface area contributed by atoms with Crippen molar-refractivity contribution in [3.63, 3.8) is 0 Å². The summed E-state index contributed by atoms with van der Waals surface area (Å²) in [5.74, 6) is 1.86. The summed E-state index contributed by atoms with van der Waals surface area (Å²) >= 11 is 0. The van der Waals surface area contributed by atoms with Crippen molar-refractivity contribution < 1.29 is 0 Å². The van der Waals surface area contributed by atoms with Crippen LogP contribution in [-0.2, 0) is 0 Å². The van der Waals surface area contributed by atoms with Crippen molar-refractivity contribution in [1.29, 1.82) is 0 Å². The fourth-order valence-electron chi connectivity index (χ4n) is 9.48. The number of fused-ring (bicyclic) bond motifs is 6. The van der Waals surface area contributed by atoms with Crippen LogP contribution in [0.2, 0.25) is 0 Å². The molecule has 0 radical (unpaired) electrons. The maximum Gasteiger partial charge on any atom is 0.164 e. The van der Waals surface area contributed by atoms with Crippen molar-refractivity contribution in [2.75, 3.05) is 0 Å². The van der Waals surface area contributed by atoms with Gasteiger partial charge in [0.05, 0.1) is 0 Å². The largest absolute Gasteiger partial charge is 0.208 e. The van der Waals surface area contributed by atoms with Gasteiger partial charge < -0.3 is 0 Å². The lowest BCUT2D eigenvalue weighted by Gasteiger charge is -2.15. The Morgan fingerprint density at radius 3 is 0.970 bits per heavy atom. The smallest absolute Gasteiger partial charge is 0.164 e. The molecular formula is C63H41N3. The van der Waals surface area contributed by atoms with Crippen LogP contribution in [0, 0.1) is 0 Å². The van der Waals surface area contributed by atoms with Crippen LogP contribution in [0.5, 0.6) is 0 Å². The molecule has 0 atom stereocenters. The Labute approximate surface area is 384 Å². The third-order valence-electron chi connectivity index (χ3n) is 12.7. The van der Waals surface area contributed by atoms with Crippen molar-refractivity contribution in [2.45, 2.75) is 0 Å². The molecule has 1 heterocycles. The molecule has 0 aliphatic heterocycles. The Morgan fingerprint density at radius 1 is 0.182 bits per heavy atom. The second-order valence-electron chi connectivity index (χ2n) is 16.8. The van der Waals surface area contributed by atoms with Crippen molar-refractivity contribution in [3.05, 3.63) is 249 Å². The fraction of sp³-hybridized carbons (Fsp3) is 0. The highest BCUT2D eigenvalue weighted by Gasteiger charge is 2.17. The molecule has 3 heteroatoms. The number of hydrogen-bond donors (Lipinski definition) is 0. The van der Waals surface area contributed by atoms with Crippen LogP contribution in [0.15, 0.2) is 249 Å². The molecule has 0 fully saturated rings. The molecule has 0 N–H and O–H groups in total. The second-order valence-corrected chi connectivity index (χ2v) is 16.8. The Hall–Kier alpha value is -8.79. The van der Waals surface area contributed by atoms with Gasteiger partial charge in [0.1, 0.15) is 0 Å². The van der Waals surface area contributed by atoms with Gasteiger partial charge in [0.2, 0.25) is 0 Å². The highest BCUT2D eigenvalue weighted by molar-refractivity contribution is 6.28. The minimum absolute atomic E-state index is 0.617. The molecule has 3 nitrogen and oxygen atoms in total. The molecule has 0 unspecified atom stereocenters. The van der Waals surface area contributed by atoms with E-state index in [2.05, 4.69) is 231 Å². The molecule has 1 aromatic heterocycles. The van der Waals surface area contributed by atoms with E-state index in [9.17, 15) is 0 Å². The molecular weight excluding hydrogens is 799 g/mol. The summed E-state index contributed by atoms with van der Waals surface area (Å²) in [7, 11) is 0. The minimum Gasteiger partial charge on any atom is -0.208 e. The second kappa shape index (κ2) is 16.7. The van der Waals surface area contributed by atoms with Crippen LogP contribution in [-0.4, -0.2) is 15.0 Å². The van der Waals surface area contributed by atoms with Crippen LogP contribution >= 0.6 is 0 Å². The van der Waals surface area contributed by atoms with E-state index in [1.54, 1.807) is 0 Å². The monoisotopic (exact) mass is 839 g/mol. The lowest BCUT2D eigenvalue weighted by atomic mass is 9.89. The van der Waals surface area contributed by atoms with Gasteiger partial charge in [0.15, 0.2) is 17.5 Å². The van der Waals surface area contributed by atoms with Gasteiger partial charge in [-0.25, -0.2) is 15.0 Å². The lowest BCUT2D eigenvalue weighted by molar-refractivity contribution is 1.07. The van der Waals surface area contributed by atoms with Crippen LogP contribution in [0.25, 0.3) is 122 Å². The van der Waals surface area contributed by atoms with Gasteiger partial charge in [-0.05, 0) is 124 Å². The minimum atomic E-state index is 0.617. The predicted molar refractivity (Wildman–Crippen MR) is 276 cm³/mol. The van der Waals surface area contributed by atoms with E-state index < -0.39 is 0 Å². The number of benzene rings is 11. The lowest BCUT2D eigenvalue weighted by Crippen LogP contribution is -2.00. The van der Waals surface area contributed by atoms with Gasteiger partial charge in [-0.15, -0.1) is 0 Å². The molecule has 0 bridgehead atoms. The van der Waals surface area contributed by atoms with Gasteiger partial charge in [0.25, 0.3) is 0 Å². The highest BCUT2D eigenvalue weighted by atomic mass is 15.0. The van der Waals surface area contributed by atoms with E-state index in [-0.39, 0.29) is 0 Å². The topological polar surface area (TPSA) is 38.7 Å². The quantitative estimate of drug-likeness (QED) is 0.143. The van der Waals surface area contributed by atoms with E-state index in [1.807, 2.05) is 18.2 Å². The maximum absolute atomic E-state index is 5.23. The van der Waals surface area contributed by atoms with Gasteiger partial charge >= 0.3 is 0 Å². The number of rotatable bonds is 8. The molecule has 66 heavy (non-hydrogen) atoms. The first-order valence-corrected chi connectivity index (χ1v) is 22.4. The summed E-state index contributed by atoms with van der Waals surface area (Å²) in [6.45, 7) is 0. The summed E-state index contributed by atoms with van der Waals surface area (Å²) in [4.78, 5) is 15.5. The molecule has 308 valence electrons. The highest BCUT2D eigenvalue weighted by Crippen LogP contribution is 2.41. The van der Waals surface area contributed by atoms with E-state index in [4.69, 9.17) is 15.0 Å². The van der Waals surface area contributed by atoms with E-state index in [1.165, 1.54) is 54.6 Å². The molecule has 11 aromatic carbocycles. The zero-order valence-electron chi connectivity index (χ0n) is 36.0. The molecule has 0 saturated heterocycles. The van der Waals surface area contributed by atoms with Crippen LogP contribution in [0.1, 0.15) is 0 Å². The average molecular weight is 840 g/mol.